The predicted octanol–water partition coefficient (Wildman–Crippen LogP) is 2.24. The van der Waals surface area contributed by atoms with Crippen molar-refractivity contribution in [1.82, 2.24) is 5.32 Å². The van der Waals surface area contributed by atoms with Gasteiger partial charge in [-0.2, -0.15) is 0 Å². The first kappa shape index (κ1) is 12.3. The molecule has 5 nitrogen and oxygen atoms in total. The van der Waals surface area contributed by atoms with E-state index in [2.05, 4.69) is 10.3 Å². The molecule has 2 aliphatic rings. The van der Waals surface area contributed by atoms with Crippen LogP contribution in [0.2, 0.25) is 0 Å². The molecular weight excluding hydrogens is 262 g/mol. The fourth-order valence-corrected chi connectivity index (χ4v) is 3.67. The largest absolute Gasteiger partial charge is 0.465 e. The summed E-state index contributed by atoms with van der Waals surface area (Å²) in [6, 6.07) is 7.74. The minimum absolute atomic E-state index is 0.267. The Morgan fingerprint density at radius 1 is 1.58 bits per heavy atom. The van der Waals surface area contributed by atoms with E-state index in [0.717, 1.165) is 29.8 Å². The van der Waals surface area contributed by atoms with Gasteiger partial charge in [0, 0.05) is 11.4 Å². The average Bonchev–Trinajstić information content (AvgIpc) is 3.03. The second-order valence-electron chi connectivity index (χ2n) is 4.94. The number of nitrogens with two attached hydrogens (primary N) is 1. The number of nitrogen functional groups attached to an aromatic ring is 1. The van der Waals surface area contributed by atoms with Crippen LogP contribution in [0.5, 0.6) is 0 Å². The molecule has 0 saturated heterocycles. The Kier molecular flexibility index (Phi) is 2.89. The number of hydrogen-bond donors (Lipinski definition) is 3. The van der Waals surface area contributed by atoms with Gasteiger partial charge in [0.25, 0.3) is 0 Å². The number of carbonyl (C=O) groups is 1. The smallest absolute Gasteiger partial charge is 0.410 e. The molecular formula is C13H15N3O2S. The zero-order valence-corrected chi connectivity index (χ0v) is 11.1. The lowest BCUT2D eigenvalue weighted by Crippen LogP contribution is -2.27. The van der Waals surface area contributed by atoms with Crippen LogP contribution in [0.3, 0.4) is 0 Å². The van der Waals surface area contributed by atoms with Crippen LogP contribution >= 0.6 is 11.8 Å². The summed E-state index contributed by atoms with van der Waals surface area (Å²) < 4.78 is 0. The topological polar surface area (TPSA) is 87.7 Å². The van der Waals surface area contributed by atoms with Crippen LogP contribution in [-0.2, 0) is 5.54 Å². The molecule has 1 heterocycles. The molecule has 0 aromatic heterocycles. The van der Waals surface area contributed by atoms with Gasteiger partial charge in [-0.25, -0.2) is 4.79 Å². The number of amidine groups is 1. The zero-order chi connectivity index (χ0) is 13.5. The van der Waals surface area contributed by atoms with E-state index in [1.54, 1.807) is 0 Å². The van der Waals surface area contributed by atoms with Gasteiger partial charge in [0.1, 0.15) is 0 Å². The number of thioether (sulfide) groups is 1. The van der Waals surface area contributed by atoms with Crippen LogP contribution in [0.25, 0.3) is 0 Å². The molecule has 0 bridgehead atoms. The fraction of sp³-hybridized carbons (Fsp3) is 0.385. The second-order valence-corrected chi connectivity index (χ2v) is 6.02. The van der Waals surface area contributed by atoms with Gasteiger partial charge in [-0.15, -0.1) is 0 Å². The molecule has 1 aromatic carbocycles. The Balaban J connectivity index is 1.96. The van der Waals surface area contributed by atoms with E-state index in [1.165, 1.54) is 11.8 Å². The first-order valence-corrected chi connectivity index (χ1v) is 7.17. The number of anilines is 1. The lowest BCUT2D eigenvalue weighted by atomic mass is 10.0. The Morgan fingerprint density at radius 2 is 2.42 bits per heavy atom. The summed E-state index contributed by atoms with van der Waals surface area (Å²) in [7, 11) is 0. The fourth-order valence-electron chi connectivity index (χ4n) is 2.69. The first-order chi connectivity index (χ1) is 9.10. The highest BCUT2D eigenvalue weighted by Crippen LogP contribution is 2.59. The Labute approximate surface area is 115 Å². The molecule has 1 saturated carbocycles. The summed E-state index contributed by atoms with van der Waals surface area (Å²) >= 11 is 1.47. The van der Waals surface area contributed by atoms with Crippen LogP contribution < -0.4 is 11.1 Å². The van der Waals surface area contributed by atoms with Gasteiger partial charge in [-0.05, 0) is 36.5 Å². The van der Waals surface area contributed by atoms with Crippen molar-refractivity contribution in [2.24, 2.45) is 10.9 Å². The predicted molar refractivity (Wildman–Crippen MR) is 76.3 cm³/mol. The molecule has 2 atom stereocenters. The maximum absolute atomic E-state index is 10.8. The van der Waals surface area contributed by atoms with Crippen molar-refractivity contribution in [3.8, 4) is 0 Å². The normalized spacial score (nSPS) is 28.8. The SMILES string of the molecule is Nc1cccc([C@@]23C[C@@H]2CCSC(NC(=O)O)=N3)c1. The Bertz CT molecular complexity index is 561. The van der Waals surface area contributed by atoms with Gasteiger partial charge in [0.15, 0.2) is 5.17 Å². The monoisotopic (exact) mass is 277 g/mol. The number of nitrogens with one attached hydrogen (secondary N) is 1. The highest BCUT2D eigenvalue weighted by molar-refractivity contribution is 8.13. The lowest BCUT2D eigenvalue weighted by Gasteiger charge is -2.14. The van der Waals surface area contributed by atoms with Crippen molar-refractivity contribution < 1.29 is 9.90 Å². The minimum Gasteiger partial charge on any atom is -0.465 e. The molecule has 1 fully saturated rings. The summed E-state index contributed by atoms with van der Waals surface area (Å²) in [6.45, 7) is 0. The van der Waals surface area contributed by atoms with Gasteiger partial charge in [-0.3, -0.25) is 10.3 Å². The zero-order valence-electron chi connectivity index (χ0n) is 10.3. The van der Waals surface area contributed by atoms with E-state index in [4.69, 9.17) is 10.8 Å². The summed E-state index contributed by atoms with van der Waals surface area (Å²) in [5.41, 5.74) is 7.37. The molecule has 0 radical (unpaired) electrons. The standard InChI is InChI=1S/C13H15N3O2S/c14-10-3-1-2-8(6-10)13-7-9(13)4-5-19-11(16-13)15-12(17)18/h1-3,6,9H,4-5,7,14H2,(H,15,16)(H,17,18)/t9-,13-/m0/s1. The molecule has 4 N–H and O–H groups in total. The third-order valence-corrected chi connectivity index (χ3v) is 4.59. The number of hydrogen-bond acceptors (Lipinski definition) is 4. The molecule has 1 aromatic rings. The van der Waals surface area contributed by atoms with E-state index in [1.807, 2.05) is 24.3 Å². The quantitative estimate of drug-likeness (QED) is 0.687. The second kappa shape index (κ2) is 4.45. The maximum Gasteiger partial charge on any atom is 0.410 e. The van der Waals surface area contributed by atoms with E-state index in [9.17, 15) is 4.79 Å². The summed E-state index contributed by atoms with van der Waals surface area (Å²) in [4.78, 5) is 15.4. The minimum atomic E-state index is -1.06. The summed E-state index contributed by atoms with van der Waals surface area (Å²) in [6.07, 6.45) is 0.961. The van der Waals surface area contributed by atoms with Crippen molar-refractivity contribution >= 4 is 28.7 Å². The van der Waals surface area contributed by atoms with Gasteiger partial charge in [0.05, 0.1) is 5.54 Å². The van der Waals surface area contributed by atoms with Gasteiger partial charge >= 0.3 is 6.09 Å². The molecule has 1 aliphatic heterocycles. The lowest BCUT2D eigenvalue weighted by molar-refractivity contribution is 0.200. The van der Waals surface area contributed by atoms with E-state index in [-0.39, 0.29) is 5.54 Å². The number of benzene rings is 1. The molecule has 100 valence electrons. The Hall–Kier alpha value is -1.69. The molecule has 0 unspecified atom stereocenters. The van der Waals surface area contributed by atoms with Crippen LogP contribution in [0.15, 0.2) is 29.3 Å². The number of fused-ring (bicyclic) bond motifs is 1. The number of rotatable bonds is 1. The number of nitrogens with zero attached hydrogens (tertiary/aromatic N) is 1. The van der Waals surface area contributed by atoms with E-state index >= 15 is 0 Å². The van der Waals surface area contributed by atoms with Crippen molar-refractivity contribution in [2.45, 2.75) is 18.4 Å². The van der Waals surface area contributed by atoms with Gasteiger partial charge in [0.2, 0.25) is 0 Å². The summed E-state index contributed by atoms with van der Waals surface area (Å²) in [5, 5.41) is 11.7. The van der Waals surface area contributed by atoms with Crippen molar-refractivity contribution in [3.05, 3.63) is 29.8 Å². The number of aliphatic imine (C=N–C) groups is 1. The van der Waals surface area contributed by atoms with Gasteiger partial charge in [-0.1, -0.05) is 23.9 Å². The third-order valence-electron chi connectivity index (χ3n) is 3.68. The molecule has 0 spiro atoms. The highest BCUT2D eigenvalue weighted by Gasteiger charge is 2.56. The molecule has 1 amide bonds. The van der Waals surface area contributed by atoms with Gasteiger partial charge < -0.3 is 10.8 Å². The highest BCUT2D eigenvalue weighted by atomic mass is 32.2. The maximum atomic E-state index is 10.8. The first-order valence-electron chi connectivity index (χ1n) is 6.19. The molecule has 1 aliphatic carbocycles. The van der Waals surface area contributed by atoms with Crippen LogP contribution in [-0.4, -0.2) is 22.1 Å². The molecule has 6 heteroatoms. The van der Waals surface area contributed by atoms with Crippen LogP contribution in [0.1, 0.15) is 18.4 Å². The van der Waals surface area contributed by atoms with E-state index < -0.39 is 6.09 Å². The summed E-state index contributed by atoms with van der Waals surface area (Å²) in [5.74, 6) is 1.39. The average molecular weight is 277 g/mol. The van der Waals surface area contributed by atoms with E-state index in [0.29, 0.717) is 11.1 Å². The van der Waals surface area contributed by atoms with Crippen LogP contribution in [0.4, 0.5) is 10.5 Å². The van der Waals surface area contributed by atoms with Crippen molar-refractivity contribution in [2.75, 3.05) is 11.5 Å². The number of amides is 1. The molecule has 3 rings (SSSR count). The van der Waals surface area contributed by atoms with Crippen LogP contribution in [0, 0.1) is 5.92 Å². The van der Waals surface area contributed by atoms with Crippen molar-refractivity contribution in [3.63, 3.8) is 0 Å². The Morgan fingerprint density at radius 3 is 3.16 bits per heavy atom. The molecule has 19 heavy (non-hydrogen) atoms. The third kappa shape index (κ3) is 2.28. The number of carboxylic acid groups (broad SMARTS) is 1. The van der Waals surface area contributed by atoms with Crippen molar-refractivity contribution in [1.29, 1.82) is 0 Å².